The molecule has 1 unspecified atom stereocenters. The molecular formula is C16H24N2O. The van der Waals surface area contributed by atoms with Gasteiger partial charge in [-0.05, 0) is 25.5 Å². The van der Waals surface area contributed by atoms with E-state index in [1.165, 1.54) is 18.4 Å². The van der Waals surface area contributed by atoms with Crippen molar-refractivity contribution in [2.24, 2.45) is 5.92 Å². The molecule has 1 aliphatic rings. The van der Waals surface area contributed by atoms with Crippen LogP contribution in [0.1, 0.15) is 38.2 Å². The lowest BCUT2D eigenvalue weighted by Gasteiger charge is -2.32. The van der Waals surface area contributed by atoms with Gasteiger partial charge in [0.25, 0.3) is 0 Å². The zero-order chi connectivity index (χ0) is 13.7. The van der Waals surface area contributed by atoms with E-state index in [9.17, 15) is 4.79 Å². The summed E-state index contributed by atoms with van der Waals surface area (Å²) in [5.41, 5.74) is 1.11. The van der Waals surface area contributed by atoms with Gasteiger partial charge in [-0.1, -0.05) is 50.1 Å². The number of nitrogens with one attached hydrogen (secondary N) is 2. The topological polar surface area (TPSA) is 41.1 Å². The van der Waals surface area contributed by atoms with Crippen LogP contribution in [-0.4, -0.2) is 19.5 Å². The van der Waals surface area contributed by atoms with Gasteiger partial charge in [-0.3, -0.25) is 4.79 Å². The highest BCUT2D eigenvalue weighted by Gasteiger charge is 2.37. The minimum Gasteiger partial charge on any atom is -0.346 e. The predicted molar refractivity (Wildman–Crippen MR) is 77.8 cm³/mol. The molecule has 0 heterocycles. The zero-order valence-corrected chi connectivity index (χ0v) is 11.9. The minimum absolute atomic E-state index is 0.00573. The third kappa shape index (κ3) is 3.16. The van der Waals surface area contributed by atoms with Crippen molar-refractivity contribution in [2.75, 3.05) is 13.6 Å². The summed E-state index contributed by atoms with van der Waals surface area (Å²) >= 11 is 0. The van der Waals surface area contributed by atoms with Crippen LogP contribution >= 0.6 is 0 Å². The van der Waals surface area contributed by atoms with Gasteiger partial charge in [-0.2, -0.15) is 0 Å². The molecule has 2 N–H and O–H groups in total. The summed E-state index contributed by atoms with van der Waals surface area (Å²) in [4.78, 5) is 12.3. The smallest absolute Gasteiger partial charge is 0.224 e. The molecule has 1 aromatic carbocycles. The molecule has 0 bridgehead atoms. The van der Waals surface area contributed by atoms with E-state index in [4.69, 9.17) is 0 Å². The van der Waals surface area contributed by atoms with Gasteiger partial charge in [-0.15, -0.1) is 0 Å². The van der Waals surface area contributed by atoms with Gasteiger partial charge in [0.15, 0.2) is 0 Å². The second kappa shape index (κ2) is 6.20. The molecule has 1 saturated carbocycles. The number of benzene rings is 1. The lowest BCUT2D eigenvalue weighted by Crippen LogP contribution is -2.47. The average molecular weight is 260 g/mol. The van der Waals surface area contributed by atoms with E-state index in [-0.39, 0.29) is 17.4 Å². The first-order chi connectivity index (χ1) is 9.18. The predicted octanol–water partition coefficient (Wildman–Crippen LogP) is 2.43. The molecule has 2 rings (SSSR count). The third-order valence-electron chi connectivity index (χ3n) is 4.10. The highest BCUT2D eigenvalue weighted by Crippen LogP contribution is 2.38. The Morgan fingerprint density at radius 1 is 1.26 bits per heavy atom. The van der Waals surface area contributed by atoms with Crippen LogP contribution in [0.5, 0.6) is 0 Å². The SMILES string of the molecule is CNCC(C)C(=O)NC1(c2ccccc2)CCCC1. The fourth-order valence-electron chi connectivity index (χ4n) is 2.98. The Hall–Kier alpha value is -1.35. The summed E-state index contributed by atoms with van der Waals surface area (Å²) in [6.07, 6.45) is 4.48. The molecule has 0 aromatic heterocycles. The number of carbonyl (C=O) groups is 1. The molecule has 3 heteroatoms. The van der Waals surface area contributed by atoms with Crippen LogP contribution in [0, 0.1) is 5.92 Å². The van der Waals surface area contributed by atoms with E-state index in [2.05, 4.69) is 34.9 Å². The standard InChI is InChI=1S/C16H24N2O/c1-13(12-17-2)15(19)18-16(10-6-7-11-16)14-8-4-3-5-9-14/h3-5,8-9,13,17H,6-7,10-12H2,1-2H3,(H,18,19). The van der Waals surface area contributed by atoms with Crippen LogP contribution in [0.2, 0.25) is 0 Å². The van der Waals surface area contributed by atoms with E-state index in [0.29, 0.717) is 0 Å². The van der Waals surface area contributed by atoms with Crippen molar-refractivity contribution < 1.29 is 4.79 Å². The summed E-state index contributed by atoms with van der Waals surface area (Å²) < 4.78 is 0. The van der Waals surface area contributed by atoms with Crippen molar-refractivity contribution in [3.05, 3.63) is 35.9 Å². The van der Waals surface area contributed by atoms with Crippen LogP contribution < -0.4 is 10.6 Å². The third-order valence-corrected chi connectivity index (χ3v) is 4.10. The van der Waals surface area contributed by atoms with Crippen molar-refractivity contribution >= 4 is 5.91 Å². The fraction of sp³-hybridized carbons (Fsp3) is 0.562. The first-order valence-corrected chi connectivity index (χ1v) is 7.20. The van der Waals surface area contributed by atoms with Crippen molar-refractivity contribution in [1.29, 1.82) is 0 Å². The quantitative estimate of drug-likeness (QED) is 0.853. The first-order valence-electron chi connectivity index (χ1n) is 7.20. The summed E-state index contributed by atoms with van der Waals surface area (Å²) in [5, 5.41) is 6.38. The second-order valence-electron chi connectivity index (χ2n) is 5.60. The molecule has 0 radical (unpaired) electrons. The summed E-state index contributed by atoms with van der Waals surface area (Å²) in [5.74, 6) is 0.159. The maximum absolute atomic E-state index is 12.3. The lowest BCUT2D eigenvalue weighted by atomic mass is 9.87. The van der Waals surface area contributed by atoms with Gasteiger partial charge in [0.05, 0.1) is 5.54 Å². The molecule has 1 fully saturated rings. The van der Waals surface area contributed by atoms with E-state index in [1.807, 2.05) is 20.0 Å². The first kappa shape index (κ1) is 14.1. The second-order valence-corrected chi connectivity index (χ2v) is 5.60. The van der Waals surface area contributed by atoms with Crippen molar-refractivity contribution in [3.63, 3.8) is 0 Å². The molecule has 0 saturated heterocycles. The number of rotatable bonds is 5. The van der Waals surface area contributed by atoms with Crippen molar-refractivity contribution in [2.45, 2.75) is 38.1 Å². The molecule has 0 aliphatic heterocycles. The van der Waals surface area contributed by atoms with Crippen LogP contribution in [0.3, 0.4) is 0 Å². The number of carbonyl (C=O) groups excluding carboxylic acids is 1. The molecule has 1 aliphatic carbocycles. The summed E-state index contributed by atoms with van der Waals surface area (Å²) in [6.45, 7) is 2.69. The fourth-order valence-corrected chi connectivity index (χ4v) is 2.98. The lowest BCUT2D eigenvalue weighted by molar-refractivity contribution is -0.126. The maximum atomic E-state index is 12.3. The average Bonchev–Trinajstić information content (AvgIpc) is 2.90. The number of hydrogen-bond acceptors (Lipinski definition) is 2. The van der Waals surface area contributed by atoms with E-state index in [1.54, 1.807) is 0 Å². The highest BCUT2D eigenvalue weighted by atomic mass is 16.2. The Morgan fingerprint density at radius 3 is 2.47 bits per heavy atom. The highest BCUT2D eigenvalue weighted by molar-refractivity contribution is 5.79. The van der Waals surface area contributed by atoms with E-state index in [0.717, 1.165) is 19.4 Å². The molecule has 19 heavy (non-hydrogen) atoms. The largest absolute Gasteiger partial charge is 0.346 e. The molecule has 104 valence electrons. The number of amides is 1. The van der Waals surface area contributed by atoms with E-state index >= 15 is 0 Å². The zero-order valence-electron chi connectivity index (χ0n) is 11.9. The van der Waals surface area contributed by atoms with Crippen molar-refractivity contribution in [1.82, 2.24) is 10.6 Å². The molecule has 1 atom stereocenters. The van der Waals surface area contributed by atoms with Gasteiger partial charge in [0, 0.05) is 12.5 Å². The summed E-state index contributed by atoms with van der Waals surface area (Å²) in [6, 6.07) is 10.4. The Kier molecular flexibility index (Phi) is 4.59. The van der Waals surface area contributed by atoms with Gasteiger partial charge in [0.1, 0.15) is 0 Å². The van der Waals surface area contributed by atoms with E-state index < -0.39 is 0 Å². The molecule has 1 amide bonds. The van der Waals surface area contributed by atoms with Gasteiger partial charge in [-0.25, -0.2) is 0 Å². The summed E-state index contributed by atoms with van der Waals surface area (Å²) in [7, 11) is 1.88. The Labute approximate surface area is 115 Å². The van der Waals surface area contributed by atoms with Gasteiger partial charge >= 0.3 is 0 Å². The van der Waals surface area contributed by atoms with Crippen LogP contribution in [-0.2, 0) is 10.3 Å². The van der Waals surface area contributed by atoms with Crippen LogP contribution in [0.25, 0.3) is 0 Å². The Bertz CT molecular complexity index is 410. The Balaban J connectivity index is 2.15. The normalized spacial score (nSPS) is 19.1. The monoisotopic (exact) mass is 260 g/mol. The van der Waals surface area contributed by atoms with Crippen LogP contribution in [0.15, 0.2) is 30.3 Å². The number of hydrogen-bond donors (Lipinski definition) is 2. The molecule has 1 aromatic rings. The van der Waals surface area contributed by atoms with Gasteiger partial charge in [0.2, 0.25) is 5.91 Å². The van der Waals surface area contributed by atoms with Crippen molar-refractivity contribution in [3.8, 4) is 0 Å². The maximum Gasteiger partial charge on any atom is 0.224 e. The van der Waals surface area contributed by atoms with Gasteiger partial charge < -0.3 is 10.6 Å². The minimum atomic E-state index is -0.139. The Morgan fingerprint density at radius 2 is 1.89 bits per heavy atom. The molecule has 3 nitrogen and oxygen atoms in total. The molecule has 0 spiro atoms. The van der Waals surface area contributed by atoms with Crippen LogP contribution in [0.4, 0.5) is 0 Å². The molecular weight excluding hydrogens is 236 g/mol.